The normalized spacial score (nSPS) is 10.0. The summed E-state index contributed by atoms with van der Waals surface area (Å²) >= 11 is 1.31. The lowest BCUT2D eigenvalue weighted by Gasteiger charge is -2.03. The van der Waals surface area contributed by atoms with Crippen molar-refractivity contribution >= 4 is 23.1 Å². The lowest BCUT2D eigenvalue weighted by Crippen LogP contribution is -2.13. The van der Waals surface area contributed by atoms with E-state index in [-0.39, 0.29) is 18.1 Å². The molecule has 0 aliphatic heterocycles. The van der Waals surface area contributed by atoms with Crippen LogP contribution in [0, 0.1) is 0 Å². The van der Waals surface area contributed by atoms with E-state index in [0.717, 1.165) is 0 Å². The highest BCUT2D eigenvalue weighted by Crippen LogP contribution is 2.12. The first-order valence-electron chi connectivity index (χ1n) is 5.19. The first-order valence-corrected chi connectivity index (χ1v) is 6.07. The van der Waals surface area contributed by atoms with Gasteiger partial charge in [-0.1, -0.05) is 6.07 Å². The molecule has 0 bridgehead atoms. The van der Waals surface area contributed by atoms with E-state index in [1.54, 1.807) is 17.5 Å². The first-order chi connectivity index (χ1) is 8.66. The van der Waals surface area contributed by atoms with Gasteiger partial charge >= 0.3 is 5.97 Å². The summed E-state index contributed by atoms with van der Waals surface area (Å²) in [5.41, 5.74) is 0.298. The van der Waals surface area contributed by atoms with E-state index in [0.29, 0.717) is 10.4 Å². The van der Waals surface area contributed by atoms with Gasteiger partial charge in [0.2, 0.25) is 5.78 Å². The standard InChI is InChI=1S/C13H10O4S/c14-10-5-3-9(4-6-10)13(16)17-8-11(15)12-2-1-7-18-12/h1-7,14H,8H2. The van der Waals surface area contributed by atoms with Gasteiger partial charge in [-0.05, 0) is 35.7 Å². The molecule has 0 saturated carbocycles. The van der Waals surface area contributed by atoms with Crippen LogP contribution in [-0.2, 0) is 4.74 Å². The Morgan fingerprint density at radius 3 is 2.50 bits per heavy atom. The Morgan fingerprint density at radius 2 is 1.89 bits per heavy atom. The molecule has 0 amide bonds. The number of carbonyl (C=O) groups is 2. The minimum Gasteiger partial charge on any atom is -0.508 e. The summed E-state index contributed by atoms with van der Waals surface area (Å²) in [5, 5.41) is 10.9. The van der Waals surface area contributed by atoms with Crippen molar-refractivity contribution in [2.75, 3.05) is 6.61 Å². The van der Waals surface area contributed by atoms with Crippen LogP contribution in [0.3, 0.4) is 0 Å². The summed E-state index contributed by atoms with van der Waals surface area (Å²) in [5.74, 6) is -0.738. The minimum absolute atomic E-state index is 0.0706. The Hall–Kier alpha value is -2.14. The quantitative estimate of drug-likeness (QED) is 0.679. The second kappa shape index (κ2) is 5.46. The molecule has 2 rings (SSSR count). The van der Waals surface area contributed by atoms with Crippen LogP contribution in [0.15, 0.2) is 41.8 Å². The molecule has 18 heavy (non-hydrogen) atoms. The third kappa shape index (κ3) is 2.95. The van der Waals surface area contributed by atoms with E-state index in [9.17, 15) is 9.59 Å². The molecule has 4 nitrogen and oxygen atoms in total. The maximum Gasteiger partial charge on any atom is 0.338 e. The number of ether oxygens (including phenoxy) is 1. The number of carbonyl (C=O) groups excluding carboxylic acids is 2. The molecule has 2 aromatic rings. The predicted octanol–water partition coefficient (Wildman–Crippen LogP) is 2.49. The smallest absolute Gasteiger partial charge is 0.338 e. The average Bonchev–Trinajstić information content (AvgIpc) is 2.90. The molecule has 0 unspecified atom stereocenters. The van der Waals surface area contributed by atoms with Crippen molar-refractivity contribution < 1.29 is 19.4 Å². The second-order valence-electron chi connectivity index (χ2n) is 3.52. The summed E-state index contributed by atoms with van der Waals surface area (Å²) in [6.45, 7) is -0.278. The molecule has 1 N–H and O–H groups in total. The molecule has 0 aliphatic carbocycles. The fraction of sp³-hybridized carbons (Fsp3) is 0.0769. The molecule has 1 heterocycles. The number of benzene rings is 1. The second-order valence-corrected chi connectivity index (χ2v) is 4.47. The number of hydrogen-bond acceptors (Lipinski definition) is 5. The van der Waals surface area contributed by atoms with Crippen molar-refractivity contribution in [1.82, 2.24) is 0 Å². The number of phenols is 1. The Labute approximate surface area is 107 Å². The van der Waals surface area contributed by atoms with Gasteiger partial charge in [0.25, 0.3) is 0 Å². The van der Waals surface area contributed by atoms with Crippen LogP contribution in [0.25, 0.3) is 0 Å². The molecule has 0 fully saturated rings. The Bertz CT molecular complexity index is 543. The van der Waals surface area contributed by atoms with Crippen molar-refractivity contribution in [2.24, 2.45) is 0 Å². The molecule has 1 aromatic heterocycles. The summed E-state index contributed by atoms with van der Waals surface area (Å²) in [6.07, 6.45) is 0. The van der Waals surface area contributed by atoms with Crippen molar-refractivity contribution in [3.63, 3.8) is 0 Å². The molecule has 0 radical (unpaired) electrons. The fourth-order valence-electron chi connectivity index (χ4n) is 1.32. The molecular weight excluding hydrogens is 252 g/mol. The molecule has 5 heteroatoms. The number of thiophene rings is 1. The summed E-state index contributed by atoms with van der Waals surface area (Å²) in [6, 6.07) is 9.09. The Morgan fingerprint density at radius 1 is 1.17 bits per heavy atom. The molecule has 0 saturated heterocycles. The van der Waals surface area contributed by atoms with Gasteiger partial charge in [0.1, 0.15) is 5.75 Å². The van der Waals surface area contributed by atoms with Crippen molar-refractivity contribution in [2.45, 2.75) is 0 Å². The van der Waals surface area contributed by atoms with Crippen LogP contribution in [0.1, 0.15) is 20.0 Å². The zero-order valence-electron chi connectivity index (χ0n) is 9.33. The first kappa shape index (κ1) is 12.3. The number of aromatic hydroxyl groups is 1. The molecule has 0 atom stereocenters. The van der Waals surface area contributed by atoms with E-state index >= 15 is 0 Å². The lowest BCUT2D eigenvalue weighted by molar-refractivity contribution is 0.0476. The Kier molecular flexibility index (Phi) is 3.74. The van der Waals surface area contributed by atoms with E-state index in [1.165, 1.54) is 35.6 Å². The monoisotopic (exact) mass is 262 g/mol. The number of Topliss-reactive ketones (excluding diaryl/α,β-unsaturated/α-hetero) is 1. The van der Waals surface area contributed by atoms with Gasteiger partial charge in [-0.15, -0.1) is 11.3 Å². The fourth-order valence-corrected chi connectivity index (χ4v) is 1.97. The highest BCUT2D eigenvalue weighted by Gasteiger charge is 2.12. The molecule has 92 valence electrons. The van der Waals surface area contributed by atoms with Crippen molar-refractivity contribution in [1.29, 1.82) is 0 Å². The van der Waals surface area contributed by atoms with Crippen LogP contribution in [0.5, 0.6) is 5.75 Å². The van der Waals surface area contributed by atoms with E-state index in [1.807, 2.05) is 0 Å². The van der Waals surface area contributed by atoms with E-state index in [2.05, 4.69) is 0 Å². The minimum atomic E-state index is -0.583. The SMILES string of the molecule is O=C(OCC(=O)c1cccs1)c1ccc(O)cc1. The summed E-state index contributed by atoms with van der Waals surface area (Å²) in [7, 11) is 0. The van der Waals surface area contributed by atoms with Gasteiger partial charge in [0, 0.05) is 0 Å². The molecular formula is C13H10O4S. The molecule has 1 aromatic carbocycles. The van der Waals surface area contributed by atoms with Crippen LogP contribution >= 0.6 is 11.3 Å². The van der Waals surface area contributed by atoms with Gasteiger partial charge in [-0.2, -0.15) is 0 Å². The number of hydrogen-bond donors (Lipinski definition) is 1. The van der Waals surface area contributed by atoms with Crippen LogP contribution in [0.4, 0.5) is 0 Å². The largest absolute Gasteiger partial charge is 0.508 e. The average molecular weight is 262 g/mol. The lowest BCUT2D eigenvalue weighted by atomic mass is 10.2. The highest BCUT2D eigenvalue weighted by molar-refractivity contribution is 7.12. The van der Waals surface area contributed by atoms with Gasteiger partial charge < -0.3 is 9.84 Å². The van der Waals surface area contributed by atoms with Crippen molar-refractivity contribution in [3.8, 4) is 5.75 Å². The predicted molar refractivity (Wildman–Crippen MR) is 67.0 cm³/mol. The van der Waals surface area contributed by atoms with Gasteiger partial charge in [0.05, 0.1) is 10.4 Å². The Balaban J connectivity index is 1.92. The number of rotatable bonds is 4. The number of phenolic OH excluding ortho intramolecular Hbond substituents is 1. The highest BCUT2D eigenvalue weighted by atomic mass is 32.1. The number of ketones is 1. The van der Waals surface area contributed by atoms with Crippen LogP contribution < -0.4 is 0 Å². The van der Waals surface area contributed by atoms with Crippen LogP contribution in [-0.4, -0.2) is 23.5 Å². The molecule has 0 aliphatic rings. The van der Waals surface area contributed by atoms with Gasteiger partial charge in [0.15, 0.2) is 6.61 Å². The number of esters is 1. The maximum absolute atomic E-state index is 11.6. The van der Waals surface area contributed by atoms with Crippen LogP contribution in [0.2, 0.25) is 0 Å². The zero-order valence-corrected chi connectivity index (χ0v) is 10.1. The maximum atomic E-state index is 11.6. The van der Waals surface area contributed by atoms with Gasteiger partial charge in [-0.3, -0.25) is 4.79 Å². The third-order valence-electron chi connectivity index (χ3n) is 2.23. The summed E-state index contributed by atoms with van der Waals surface area (Å²) < 4.78 is 4.89. The van der Waals surface area contributed by atoms with E-state index in [4.69, 9.17) is 9.84 Å². The topological polar surface area (TPSA) is 63.6 Å². The van der Waals surface area contributed by atoms with Crippen molar-refractivity contribution in [3.05, 3.63) is 52.2 Å². The zero-order chi connectivity index (χ0) is 13.0. The van der Waals surface area contributed by atoms with E-state index < -0.39 is 5.97 Å². The van der Waals surface area contributed by atoms with Gasteiger partial charge in [-0.25, -0.2) is 4.79 Å². The third-order valence-corrected chi connectivity index (χ3v) is 3.14. The molecule has 0 spiro atoms. The summed E-state index contributed by atoms with van der Waals surface area (Å²) in [4.78, 5) is 23.7.